The average molecular weight is 388 g/mol. The van der Waals surface area contributed by atoms with Gasteiger partial charge in [0.15, 0.2) is 0 Å². The summed E-state index contributed by atoms with van der Waals surface area (Å²) in [4.78, 5) is 35.1. The molecule has 1 rings (SSSR count). The number of nitrogens with one attached hydrogen (secondary N) is 3. The zero-order valence-corrected chi connectivity index (χ0v) is 14.9. The number of urea groups is 1. The van der Waals surface area contributed by atoms with Gasteiger partial charge < -0.3 is 20.7 Å². The minimum absolute atomic E-state index is 0.219. The van der Waals surface area contributed by atoms with E-state index in [1.807, 2.05) is 19.1 Å². The zero-order valence-electron chi connectivity index (χ0n) is 13.3. The lowest BCUT2D eigenvalue weighted by Gasteiger charge is -2.19. The molecule has 3 amide bonds. The van der Waals surface area contributed by atoms with E-state index in [4.69, 9.17) is 0 Å². The summed E-state index contributed by atoms with van der Waals surface area (Å²) < 4.78 is 5.54. The third kappa shape index (κ3) is 7.32. The van der Waals surface area contributed by atoms with E-state index in [0.29, 0.717) is 6.42 Å². The topological polar surface area (TPSA) is 96.5 Å². The molecule has 0 aliphatic heterocycles. The van der Waals surface area contributed by atoms with Crippen molar-refractivity contribution in [3.63, 3.8) is 0 Å². The summed E-state index contributed by atoms with van der Waals surface area (Å²) in [6.45, 7) is 1.69. The van der Waals surface area contributed by atoms with Crippen molar-refractivity contribution in [2.75, 3.05) is 13.7 Å². The Morgan fingerprint density at radius 2 is 2.04 bits per heavy atom. The summed E-state index contributed by atoms with van der Waals surface area (Å²) >= 11 is 3.39. The maximum Gasteiger partial charge on any atom is 0.325 e. The molecule has 0 unspecified atom stereocenters. The van der Waals surface area contributed by atoms with Crippen molar-refractivity contribution in [3.05, 3.63) is 22.3 Å². The molecule has 0 heterocycles. The van der Waals surface area contributed by atoms with Gasteiger partial charge in [-0.05, 0) is 29.8 Å². The first-order chi connectivity index (χ1) is 11.0. The smallest absolute Gasteiger partial charge is 0.325 e. The van der Waals surface area contributed by atoms with Crippen LogP contribution in [0.15, 0.2) is 22.3 Å². The van der Waals surface area contributed by atoms with E-state index in [0.717, 1.165) is 29.4 Å². The van der Waals surface area contributed by atoms with Crippen LogP contribution in [0.5, 0.6) is 0 Å². The van der Waals surface area contributed by atoms with E-state index in [9.17, 15) is 14.4 Å². The van der Waals surface area contributed by atoms with Crippen LogP contribution in [0.1, 0.15) is 32.6 Å². The van der Waals surface area contributed by atoms with Crippen LogP contribution >= 0.6 is 15.9 Å². The van der Waals surface area contributed by atoms with Gasteiger partial charge in [-0.15, -0.1) is 0 Å². The first kappa shape index (κ1) is 19.2. The Labute approximate surface area is 144 Å². The highest BCUT2D eigenvalue weighted by atomic mass is 79.9. The molecule has 0 aromatic rings. The van der Waals surface area contributed by atoms with Crippen LogP contribution in [0.2, 0.25) is 0 Å². The van der Waals surface area contributed by atoms with Gasteiger partial charge in [-0.2, -0.15) is 0 Å². The summed E-state index contributed by atoms with van der Waals surface area (Å²) in [6.07, 6.45) is 6.44. The van der Waals surface area contributed by atoms with Crippen molar-refractivity contribution >= 4 is 33.8 Å². The molecule has 0 aromatic heterocycles. The maximum atomic E-state index is 12.0. The Morgan fingerprint density at radius 1 is 1.30 bits per heavy atom. The highest BCUT2D eigenvalue weighted by Crippen LogP contribution is 2.20. The summed E-state index contributed by atoms with van der Waals surface area (Å²) in [5.41, 5.74) is 0.788. The number of halogens is 1. The molecule has 0 spiro atoms. The molecule has 23 heavy (non-hydrogen) atoms. The van der Waals surface area contributed by atoms with Gasteiger partial charge in [0, 0.05) is 5.70 Å². The quantitative estimate of drug-likeness (QED) is 0.579. The number of hydrogen-bond acceptors (Lipinski definition) is 4. The Hall–Kier alpha value is -1.83. The van der Waals surface area contributed by atoms with Crippen molar-refractivity contribution in [2.45, 2.75) is 38.6 Å². The van der Waals surface area contributed by atoms with Gasteiger partial charge in [-0.1, -0.05) is 35.4 Å². The lowest BCUT2D eigenvalue weighted by Crippen LogP contribution is -2.50. The van der Waals surface area contributed by atoms with E-state index < -0.39 is 23.9 Å². The van der Waals surface area contributed by atoms with Crippen molar-refractivity contribution < 1.29 is 19.1 Å². The highest BCUT2D eigenvalue weighted by Gasteiger charge is 2.21. The Morgan fingerprint density at radius 3 is 2.61 bits per heavy atom. The third-order valence-electron chi connectivity index (χ3n) is 3.21. The molecule has 0 bridgehead atoms. The van der Waals surface area contributed by atoms with Gasteiger partial charge >= 0.3 is 12.0 Å². The second kappa shape index (κ2) is 10.0. The molecule has 3 N–H and O–H groups in total. The van der Waals surface area contributed by atoms with E-state index in [2.05, 4.69) is 36.6 Å². The Kier molecular flexibility index (Phi) is 8.39. The van der Waals surface area contributed by atoms with Crippen LogP contribution in [0, 0.1) is 0 Å². The number of ether oxygens (including phenoxy) is 1. The zero-order chi connectivity index (χ0) is 17.2. The van der Waals surface area contributed by atoms with Crippen LogP contribution in [0.3, 0.4) is 0 Å². The largest absolute Gasteiger partial charge is 0.468 e. The van der Waals surface area contributed by atoms with E-state index >= 15 is 0 Å². The molecule has 7 nitrogen and oxygen atoms in total. The van der Waals surface area contributed by atoms with Gasteiger partial charge in [-0.25, -0.2) is 4.79 Å². The van der Waals surface area contributed by atoms with E-state index in [1.165, 1.54) is 7.11 Å². The fourth-order valence-corrected chi connectivity index (χ4v) is 2.30. The summed E-state index contributed by atoms with van der Waals surface area (Å²) in [5, 5.41) is 7.81. The van der Waals surface area contributed by atoms with Gasteiger partial charge in [-0.3, -0.25) is 9.59 Å². The molecule has 0 radical (unpaired) electrons. The molecule has 1 atom stereocenters. The fourth-order valence-electron chi connectivity index (χ4n) is 1.97. The first-order valence-corrected chi connectivity index (χ1v) is 8.22. The predicted molar refractivity (Wildman–Crippen MR) is 89.7 cm³/mol. The molecule has 0 fully saturated rings. The van der Waals surface area contributed by atoms with Crippen LogP contribution < -0.4 is 16.0 Å². The predicted octanol–water partition coefficient (Wildman–Crippen LogP) is 1.70. The number of methoxy groups -OCH3 is 1. The number of rotatable bonds is 7. The third-order valence-corrected chi connectivity index (χ3v) is 3.87. The van der Waals surface area contributed by atoms with Crippen molar-refractivity contribution in [2.24, 2.45) is 0 Å². The number of amides is 3. The first-order valence-electron chi connectivity index (χ1n) is 7.43. The Bertz CT molecular complexity index is 517. The van der Waals surface area contributed by atoms with Gasteiger partial charge in [0.1, 0.15) is 12.6 Å². The fraction of sp³-hybridized carbons (Fsp3) is 0.533. The lowest BCUT2D eigenvalue weighted by molar-refractivity contribution is -0.141. The van der Waals surface area contributed by atoms with Gasteiger partial charge in [0.05, 0.1) is 7.11 Å². The van der Waals surface area contributed by atoms with Crippen molar-refractivity contribution in [1.82, 2.24) is 16.0 Å². The SMILES string of the molecule is CCC[C@H](NC(=O)NC1=CC=C(Br)CC1)C(=O)NCC(=O)OC. The molecule has 0 saturated carbocycles. The van der Waals surface area contributed by atoms with Crippen LogP contribution in [0.25, 0.3) is 0 Å². The molecule has 0 aromatic carbocycles. The van der Waals surface area contributed by atoms with E-state index in [-0.39, 0.29) is 6.54 Å². The highest BCUT2D eigenvalue weighted by molar-refractivity contribution is 9.11. The minimum Gasteiger partial charge on any atom is -0.468 e. The molecule has 128 valence electrons. The molecule has 0 saturated heterocycles. The van der Waals surface area contributed by atoms with Crippen LogP contribution in [0.4, 0.5) is 4.79 Å². The van der Waals surface area contributed by atoms with Crippen molar-refractivity contribution in [3.8, 4) is 0 Å². The molecular weight excluding hydrogens is 366 g/mol. The standard InChI is InChI=1S/C15H22BrN3O4/c1-3-4-12(14(21)17-9-13(20)23-2)19-15(22)18-11-7-5-10(16)6-8-11/h5,7,12H,3-4,6,8-9H2,1-2H3,(H,17,21)(H2,18,19,22)/t12-/m0/s1. The average Bonchev–Trinajstić information content (AvgIpc) is 2.54. The normalized spacial score (nSPS) is 14.9. The van der Waals surface area contributed by atoms with Crippen molar-refractivity contribution in [1.29, 1.82) is 0 Å². The summed E-state index contributed by atoms with van der Waals surface area (Å²) in [5.74, 6) is -0.949. The van der Waals surface area contributed by atoms with Crippen LogP contribution in [-0.4, -0.2) is 37.6 Å². The number of allylic oxidation sites excluding steroid dienone is 4. The second-order valence-corrected chi connectivity index (χ2v) is 6.06. The number of carbonyl (C=O) groups is 3. The van der Waals surface area contributed by atoms with Gasteiger partial charge in [0.25, 0.3) is 0 Å². The van der Waals surface area contributed by atoms with E-state index in [1.54, 1.807) is 0 Å². The Balaban J connectivity index is 2.52. The maximum absolute atomic E-state index is 12.0. The molecule has 1 aliphatic carbocycles. The number of esters is 1. The molecule has 8 heteroatoms. The summed E-state index contributed by atoms with van der Waals surface area (Å²) in [7, 11) is 1.24. The van der Waals surface area contributed by atoms with Gasteiger partial charge in [0.2, 0.25) is 5.91 Å². The number of hydrogen-bond donors (Lipinski definition) is 3. The molecular formula is C15H22BrN3O4. The number of carbonyl (C=O) groups excluding carboxylic acids is 3. The lowest BCUT2D eigenvalue weighted by atomic mass is 10.1. The molecule has 1 aliphatic rings. The monoisotopic (exact) mass is 387 g/mol. The summed E-state index contributed by atoms with van der Waals surface area (Å²) in [6, 6.07) is -1.13. The minimum atomic E-state index is -0.698. The van der Waals surface area contributed by atoms with Crippen LogP contribution in [-0.2, 0) is 14.3 Å². The second-order valence-electron chi connectivity index (χ2n) is 5.04.